The molecule has 0 atom stereocenters. The first-order valence-corrected chi connectivity index (χ1v) is 8.79. The van der Waals surface area contributed by atoms with Gasteiger partial charge in [0.05, 0.1) is 21.7 Å². The van der Waals surface area contributed by atoms with Gasteiger partial charge in [0.2, 0.25) is 0 Å². The molecule has 2 aromatic heterocycles. The first-order valence-electron chi connectivity index (χ1n) is 8.79. The molecule has 1 aliphatic carbocycles. The van der Waals surface area contributed by atoms with Crippen molar-refractivity contribution in [3.63, 3.8) is 0 Å². The van der Waals surface area contributed by atoms with Crippen LogP contribution in [0.4, 0.5) is 0 Å². The van der Waals surface area contributed by atoms with Crippen LogP contribution in [0.2, 0.25) is 0 Å². The van der Waals surface area contributed by atoms with Gasteiger partial charge in [-0.05, 0) is 43.9 Å². The third kappa shape index (κ3) is 2.20. The van der Waals surface area contributed by atoms with Crippen LogP contribution in [0.3, 0.4) is 0 Å². The molecule has 0 saturated heterocycles. The van der Waals surface area contributed by atoms with E-state index in [-0.39, 0.29) is 0 Å². The molecule has 0 amide bonds. The van der Waals surface area contributed by atoms with E-state index < -0.39 is 0 Å². The second-order valence-corrected chi connectivity index (χ2v) is 6.75. The minimum atomic E-state index is 1.01. The summed E-state index contributed by atoms with van der Waals surface area (Å²) in [7, 11) is 4.23. The number of rotatable bonds is 3. The third-order valence-corrected chi connectivity index (χ3v) is 5.01. The summed E-state index contributed by atoms with van der Waals surface area (Å²) in [5, 5.41) is 2.36. The second-order valence-electron chi connectivity index (χ2n) is 6.75. The largest absolute Gasteiger partial charge is 0.331 e. The number of imidazole rings is 2. The van der Waals surface area contributed by atoms with Crippen LogP contribution < -0.4 is 10.7 Å². The molecule has 0 spiro atoms. The van der Waals surface area contributed by atoms with E-state index in [1.165, 1.54) is 22.0 Å². The van der Waals surface area contributed by atoms with E-state index in [1.54, 1.807) is 0 Å². The molecule has 4 heteroatoms. The zero-order chi connectivity index (χ0) is 16.8. The first kappa shape index (κ1) is 15.2. The number of nitrogens with zero attached hydrogens (tertiary/aromatic N) is 4. The molecule has 4 nitrogen and oxygen atoms in total. The molecule has 2 heterocycles. The van der Waals surface area contributed by atoms with E-state index in [9.17, 15) is 0 Å². The first-order chi connectivity index (χ1) is 11.6. The van der Waals surface area contributed by atoms with Crippen molar-refractivity contribution in [3.8, 4) is 11.4 Å². The summed E-state index contributed by atoms with van der Waals surface area (Å²) in [5.74, 6) is 2.20. The Morgan fingerprint density at radius 1 is 1.04 bits per heavy atom. The molecule has 3 aromatic rings. The van der Waals surface area contributed by atoms with Crippen molar-refractivity contribution in [2.45, 2.75) is 39.5 Å². The zero-order valence-corrected chi connectivity index (χ0v) is 14.9. The van der Waals surface area contributed by atoms with E-state index in [1.807, 2.05) is 0 Å². The molecule has 0 aliphatic heterocycles. The number of hydrogen-bond acceptors (Lipinski definition) is 2. The Morgan fingerprint density at radius 2 is 1.83 bits per heavy atom. The van der Waals surface area contributed by atoms with Crippen LogP contribution in [0.15, 0.2) is 12.1 Å². The lowest BCUT2D eigenvalue weighted by atomic mass is 10.1. The highest BCUT2D eigenvalue weighted by Gasteiger charge is 2.14. The van der Waals surface area contributed by atoms with Gasteiger partial charge in [-0.3, -0.25) is 0 Å². The Hall–Kier alpha value is -2.36. The number of fused-ring (bicyclic) bond motifs is 2. The SMILES string of the molecule is CCCc1nc2c(C)cc(-c3nc4c(n3C)=CCCC=4)cc2n1C. The Bertz CT molecular complexity index is 1050. The summed E-state index contributed by atoms with van der Waals surface area (Å²) >= 11 is 0. The van der Waals surface area contributed by atoms with Crippen LogP contribution in [0.5, 0.6) is 0 Å². The minimum Gasteiger partial charge on any atom is -0.331 e. The summed E-state index contributed by atoms with van der Waals surface area (Å²) < 4.78 is 4.45. The average molecular weight is 320 g/mol. The van der Waals surface area contributed by atoms with E-state index in [0.29, 0.717) is 0 Å². The van der Waals surface area contributed by atoms with Crippen molar-refractivity contribution in [1.29, 1.82) is 0 Å². The Morgan fingerprint density at radius 3 is 2.58 bits per heavy atom. The van der Waals surface area contributed by atoms with Gasteiger partial charge in [0.1, 0.15) is 11.6 Å². The van der Waals surface area contributed by atoms with Crippen molar-refractivity contribution < 1.29 is 0 Å². The highest BCUT2D eigenvalue weighted by Crippen LogP contribution is 2.26. The summed E-state index contributed by atoms with van der Waals surface area (Å²) in [6.45, 7) is 4.35. The fourth-order valence-corrected chi connectivity index (χ4v) is 3.70. The molecule has 0 unspecified atom stereocenters. The van der Waals surface area contributed by atoms with Crippen LogP contribution in [0.25, 0.3) is 34.6 Å². The third-order valence-electron chi connectivity index (χ3n) is 5.01. The maximum atomic E-state index is 4.89. The number of benzene rings is 1. The molecule has 4 rings (SSSR count). The van der Waals surface area contributed by atoms with Gasteiger partial charge in [0, 0.05) is 26.1 Å². The second kappa shape index (κ2) is 5.62. The Balaban J connectivity index is 1.96. The summed E-state index contributed by atoms with van der Waals surface area (Å²) in [4.78, 5) is 9.74. The molecule has 0 saturated carbocycles. The van der Waals surface area contributed by atoms with Gasteiger partial charge in [-0.2, -0.15) is 0 Å². The van der Waals surface area contributed by atoms with Crippen LogP contribution in [-0.4, -0.2) is 19.1 Å². The number of hydrogen-bond donors (Lipinski definition) is 0. The van der Waals surface area contributed by atoms with Crippen molar-refractivity contribution in [1.82, 2.24) is 19.1 Å². The summed E-state index contributed by atoms with van der Waals surface area (Å²) in [6.07, 6.45) is 8.85. The van der Waals surface area contributed by atoms with Gasteiger partial charge >= 0.3 is 0 Å². The maximum Gasteiger partial charge on any atom is 0.140 e. The van der Waals surface area contributed by atoms with E-state index in [4.69, 9.17) is 9.97 Å². The van der Waals surface area contributed by atoms with E-state index >= 15 is 0 Å². The van der Waals surface area contributed by atoms with Crippen LogP contribution in [0, 0.1) is 6.92 Å². The molecule has 0 N–H and O–H groups in total. The van der Waals surface area contributed by atoms with Gasteiger partial charge in [0.25, 0.3) is 0 Å². The molecular weight excluding hydrogens is 296 g/mol. The summed E-state index contributed by atoms with van der Waals surface area (Å²) in [6, 6.07) is 4.46. The van der Waals surface area contributed by atoms with Crippen LogP contribution >= 0.6 is 0 Å². The van der Waals surface area contributed by atoms with Crippen molar-refractivity contribution in [3.05, 3.63) is 34.2 Å². The molecule has 0 bridgehead atoms. The fourth-order valence-electron chi connectivity index (χ4n) is 3.70. The molecule has 1 aromatic carbocycles. The highest BCUT2D eigenvalue weighted by atomic mass is 15.1. The summed E-state index contributed by atoms with van der Waals surface area (Å²) in [5.41, 5.74) is 4.70. The van der Waals surface area contributed by atoms with Crippen molar-refractivity contribution >= 4 is 23.2 Å². The Kier molecular flexibility index (Phi) is 3.56. The molecule has 124 valence electrons. The number of aromatic nitrogens is 4. The maximum absolute atomic E-state index is 4.89. The molecule has 24 heavy (non-hydrogen) atoms. The van der Waals surface area contributed by atoms with Crippen molar-refractivity contribution in [2.75, 3.05) is 0 Å². The standard InChI is InChI=1S/C20H24N4/c1-5-8-18-22-19-13(2)11-14(12-17(19)23(18)3)20-21-15-9-6-7-10-16(15)24(20)4/h9-12H,5-8H2,1-4H3. The fraction of sp³-hybridized carbons (Fsp3) is 0.400. The highest BCUT2D eigenvalue weighted by molar-refractivity contribution is 5.84. The van der Waals surface area contributed by atoms with Crippen LogP contribution in [-0.2, 0) is 20.5 Å². The van der Waals surface area contributed by atoms with Crippen LogP contribution in [0.1, 0.15) is 37.6 Å². The lowest BCUT2D eigenvalue weighted by Crippen LogP contribution is -2.30. The van der Waals surface area contributed by atoms with Crippen molar-refractivity contribution in [2.24, 2.45) is 14.1 Å². The molecule has 1 aliphatic rings. The quantitative estimate of drug-likeness (QED) is 0.743. The minimum absolute atomic E-state index is 1.01. The van der Waals surface area contributed by atoms with Gasteiger partial charge in [-0.25, -0.2) is 9.97 Å². The smallest absolute Gasteiger partial charge is 0.140 e. The van der Waals surface area contributed by atoms with E-state index in [0.717, 1.165) is 48.2 Å². The molecule has 0 fully saturated rings. The number of aryl methyl sites for hydroxylation is 3. The predicted molar refractivity (Wildman–Crippen MR) is 99.1 cm³/mol. The topological polar surface area (TPSA) is 35.6 Å². The lowest BCUT2D eigenvalue weighted by molar-refractivity contribution is 0.773. The monoisotopic (exact) mass is 320 g/mol. The zero-order valence-electron chi connectivity index (χ0n) is 14.9. The van der Waals surface area contributed by atoms with Gasteiger partial charge in [-0.15, -0.1) is 0 Å². The van der Waals surface area contributed by atoms with Gasteiger partial charge in [0.15, 0.2) is 0 Å². The lowest BCUT2D eigenvalue weighted by Gasteiger charge is -2.06. The normalized spacial score (nSPS) is 13.7. The van der Waals surface area contributed by atoms with Gasteiger partial charge in [-0.1, -0.05) is 19.1 Å². The van der Waals surface area contributed by atoms with Gasteiger partial charge < -0.3 is 9.13 Å². The molecule has 0 radical (unpaired) electrons. The average Bonchev–Trinajstić information content (AvgIpc) is 3.08. The Labute approximate surface area is 142 Å². The van der Waals surface area contributed by atoms with E-state index in [2.05, 4.69) is 61.4 Å². The molecular formula is C20H24N4. The predicted octanol–water partition coefficient (Wildman–Crippen LogP) is 2.59.